The van der Waals surface area contributed by atoms with Crippen molar-refractivity contribution in [3.05, 3.63) is 52.7 Å². The van der Waals surface area contributed by atoms with Gasteiger partial charge in [-0.25, -0.2) is 0 Å². The van der Waals surface area contributed by atoms with Crippen LogP contribution in [0.5, 0.6) is 0 Å². The van der Waals surface area contributed by atoms with Gasteiger partial charge in [0.2, 0.25) is 5.89 Å². The van der Waals surface area contributed by atoms with E-state index in [0.717, 1.165) is 19.3 Å². The summed E-state index contributed by atoms with van der Waals surface area (Å²) in [6.07, 6.45) is 7.89. The number of rotatable bonds is 3. The smallest absolute Gasteiger partial charge is 0.253 e. The molecule has 1 saturated heterocycles. The average Bonchev–Trinajstić information content (AvgIpc) is 3.04. The number of benzene rings is 1. The molecule has 0 bridgehead atoms. The minimum Gasteiger partial charge on any atom is -0.388 e. The minimum atomic E-state index is -1.02. The molecule has 2 aliphatic rings. The van der Waals surface area contributed by atoms with Crippen LogP contribution in [0.15, 0.2) is 28.8 Å². The Bertz CT molecular complexity index is 858. The van der Waals surface area contributed by atoms with E-state index in [1.807, 2.05) is 18.2 Å². The van der Waals surface area contributed by atoms with Gasteiger partial charge in [-0.3, -0.25) is 4.79 Å². The SMILES string of the molecule is Cc1noc(CC2(O)CCCN(C(=O)c3ccc4c(c3)CCC=C4)C2)n1. The van der Waals surface area contributed by atoms with Gasteiger partial charge in [0.05, 0.1) is 18.6 Å². The van der Waals surface area contributed by atoms with Crippen LogP contribution in [0.2, 0.25) is 0 Å². The summed E-state index contributed by atoms with van der Waals surface area (Å²) in [6.45, 7) is 2.68. The molecule has 1 aliphatic heterocycles. The van der Waals surface area contributed by atoms with Crippen LogP contribution in [0.3, 0.4) is 0 Å². The standard InChI is InChI=1S/C20H23N3O3/c1-14-21-18(26-22-14)12-20(25)9-4-10-23(13-20)19(24)17-8-7-15-5-2-3-6-16(15)11-17/h2,5,7-8,11,25H,3-4,6,9-10,12-13H2,1H3. The molecule has 1 N–H and O–H groups in total. The van der Waals surface area contributed by atoms with Crippen molar-refractivity contribution in [2.24, 2.45) is 0 Å². The third kappa shape index (κ3) is 3.42. The van der Waals surface area contributed by atoms with Crippen molar-refractivity contribution in [1.29, 1.82) is 0 Å². The molecule has 4 rings (SSSR count). The summed E-state index contributed by atoms with van der Waals surface area (Å²) < 4.78 is 5.14. The third-order valence-electron chi connectivity index (χ3n) is 5.16. The first kappa shape index (κ1) is 17.0. The molecule has 6 nitrogen and oxygen atoms in total. The number of aromatic nitrogens is 2. The lowest BCUT2D eigenvalue weighted by Crippen LogP contribution is -2.51. The molecule has 6 heteroatoms. The van der Waals surface area contributed by atoms with Crippen molar-refractivity contribution in [3.63, 3.8) is 0 Å². The van der Waals surface area contributed by atoms with Gasteiger partial charge in [-0.05, 0) is 55.9 Å². The molecule has 1 aromatic carbocycles. The maximum Gasteiger partial charge on any atom is 0.253 e. The molecule has 0 spiro atoms. The van der Waals surface area contributed by atoms with Crippen molar-refractivity contribution in [2.45, 2.75) is 44.6 Å². The zero-order valence-corrected chi connectivity index (χ0v) is 14.9. The number of likely N-dealkylation sites (tertiary alicyclic amines) is 1. The molecule has 1 aliphatic carbocycles. The van der Waals surface area contributed by atoms with Gasteiger partial charge < -0.3 is 14.5 Å². The number of aliphatic hydroxyl groups is 1. The summed E-state index contributed by atoms with van der Waals surface area (Å²) in [7, 11) is 0. The van der Waals surface area contributed by atoms with Gasteiger partial charge in [0, 0.05) is 12.1 Å². The molecule has 0 radical (unpaired) electrons. The van der Waals surface area contributed by atoms with E-state index in [9.17, 15) is 9.90 Å². The molecule has 1 amide bonds. The van der Waals surface area contributed by atoms with Gasteiger partial charge in [-0.15, -0.1) is 0 Å². The molecule has 2 heterocycles. The Labute approximate surface area is 152 Å². The van der Waals surface area contributed by atoms with Crippen LogP contribution in [-0.2, 0) is 12.8 Å². The van der Waals surface area contributed by atoms with Crippen molar-refractivity contribution >= 4 is 12.0 Å². The van der Waals surface area contributed by atoms with Crippen LogP contribution < -0.4 is 0 Å². The Morgan fingerprint density at radius 1 is 1.42 bits per heavy atom. The fourth-order valence-corrected chi connectivity index (χ4v) is 3.87. The highest BCUT2D eigenvalue weighted by molar-refractivity contribution is 5.95. The average molecular weight is 353 g/mol. The number of nitrogens with zero attached hydrogens (tertiary/aromatic N) is 3. The highest BCUT2D eigenvalue weighted by Gasteiger charge is 2.37. The molecule has 1 atom stereocenters. The van der Waals surface area contributed by atoms with E-state index in [0.29, 0.717) is 30.2 Å². The normalized spacial score (nSPS) is 22.3. The maximum atomic E-state index is 13.0. The van der Waals surface area contributed by atoms with Crippen molar-refractivity contribution in [1.82, 2.24) is 15.0 Å². The summed E-state index contributed by atoms with van der Waals surface area (Å²) in [6, 6.07) is 5.89. The molecule has 1 aromatic heterocycles. The largest absolute Gasteiger partial charge is 0.388 e. The summed E-state index contributed by atoms with van der Waals surface area (Å²) in [5.41, 5.74) is 2.07. The summed E-state index contributed by atoms with van der Waals surface area (Å²) in [4.78, 5) is 18.9. The zero-order chi connectivity index (χ0) is 18.1. The van der Waals surface area contributed by atoms with E-state index in [1.165, 1.54) is 11.1 Å². The van der Waals surface area contributed by atoms with Crippen LogP contribution in [-0.4, -0.2) is 44.7 Å². The van der Waals surface area contributed by atoms with Crippen LogP contribution in [0.1, 0.15) is 52.5 Å². The van der Waals surface area contributed by atoms with Crippen LogP contribution in [0.4, 0.5) is 0 Å². The summed E-state index contributed by atoms with van der Waals surface area (Å²) in [5.74, 6) is 0.942. The van der Waals surface area contributed by atoms with Crippen molar-refractivity contribution in [3.8, 4) is 0 Å². The van der Waals surface area contributed by atoms with E-state index in [4.69, 9.17) is 4.52 Å². The predicted octanol–water partition coefficient (Wildman–Crippen LogP) is 2.55. The number of carbonyl (C=O) groups excluding carboxylic acids is 1. The first-order valence-electron chi connectivity index (χ1n) is 9.13. The summed E-state index contributed by atoms with van der Waals surface area (Å²) >= 11 is 0. The first-order valence-corrected chi connectivity index (χ1v) is 9.13. The predicted molar refractivity (Wildman–Crippen MR) is 96.6 cm³/mol. The van der Waals surface area contributed by atoms with Crippen LogP contribution in [0.25, 0.3) is 6.08 Å². The van der Waals surface area contributed by atoms with Gasteiger partial charge in [0.25, 0.3) is 5.91 Å². The topological polar surface area (TPSA) is 79.5 Å². The lowest BCUT2D eigenvalue weighted by atomic mass is 9.89. The fraction of sp³-hybridized carbons (Fsp3) is 0.450. The molecular formula is C20H23N3O3. The number of hydrogen-bond donors (Lipinski definition) is 1. The quantitative estimate of drug-likeness (QED) is 0.917. The first-order chi connectivity index (χ1) is 12.5. The Morgan fingerprint density at radius 3 is 3.12 bits per heavy atom. The van der Waals surface area contributed by atoms with Crippen molar-refractivity contribution < 1.29 is 14.4 Å². The second-order valence-electron chi connectivity index (χ2n) is 7.32. The van der Waals surface area contributed by atoms with E-state index >= 15 is 0 Å². The Hall–Kier alpha value is -2.47. The summed E-state index contributed by atoms with van der Waals surface area (Å²) in [5, 5.41) is 14.7. The fourth-order valence-electron chi connectivity index (χ4n) is 3.87. The monoisotopic (exact) mass is 353 g/mol. The number of piperidine rings is 1. The van der Waals surface area contributed by atoms with Crippen molar-refractivity contribution in [2.75, 3.05) is 13.1 Å². The van der Waals surface area contributed by atoms with Gasteiger partial charge >= 0.3 is 0 Å². The molecule has 26 heavy (non-hydrogen) atoms. The van der Waals surface area contributed by atoms with E-state index in [1.54, 1.807) is 11.8 Å². The van der Waals surface area contributed by atoms with Crippen LogP contribution in [0, 0.1) is 6.92 Å². The number of fused-ring (bicyclic) bond motifs is 1. The van der Waals surface area contributed by atoms with E-state index < -0.39 is 5.60 Å². The van der Waals surface area contributed by atoms with Gasteiger partial charge in [0.15, 0.2) is 5.82 Å². The molecule has 1 fully saturated rings. The number of carbonyl (C=O) groups is 1. The maximum absolute atomic E-state index is 13.0. The molecule has 1 unspecified atom stereocenters. The van der Waals surface area contributed by atoms with Gasteiger partial charge in [-0.2, -0.15) is 4.98 Å². The number of amides is 1. The number of aryl methyl sites for hydroxylation is 2. The van der Waals surface area contributed by atoms with Gasteiger partial charge in [-0.1, -0.05) is 23.4 Å². The number of β-amino-alcohol motifs (C(OH)–C–C–N with tert-alkyl or cyclic N) is 1. The third-order valence-corrected chi connectivity index (χ3v) is 5.16. The second-order valence-corrected chi connectivity index (χ2v) is 7.32. The molecule has 2 aromatic rings. The number of hydrogen-bond acceptors (Lipinski definition) is 5. The van der Waals surface area contributed by atoms with E-state index in [-0.39, 0.29) is 18.9 Å². The highest BCUT2D eigenvalue weighted by atomic mass is 16.5. The minimum absolute atomic E-state index is 0.0258. The second kappa shape index (κ2) is 6.68. The lowest BCUT2D eigenvalue weighted by Gasteiger charge is -2.38. The van der Waals surface area contributed by atoms with E-state index in [2.05, 4.69) is 22.3 Å². The molecular weight excluding hydrogens is 330 g/mol. The zero-order valence-electron chi connectivity index (χ0n) is 14.9. The highest BCUT2D eigenvalue weighted by Crippen LogP contribution is 2.27. The molecule has 0 saturated carbocycles. The Kier molecular flexibility index (Phi) is 4.36. The van der Waals surface area contributed by atoms with Crippen LogP contribution >= 0.6 is 0 Å². The molecule has 136 valence electrons. The number of allylic oxidation sites excluding steroid dienone is 1. The Balaban J connectivity index is 1.50. The van der Waals surface area contributed by atoms with Gasteiger partial charge in [0.1, 0.15) is 0 Å². The lowest BCUT2D eigenvalue weighted by molar-refractivity contribution is -0.0286. The Morgan fingerprint density at radius 2 is 2.31 bits per heavy atom.